The molecular weight excluding hydrogens is 364 g/mol. The van der Waals surface area contributed by atoms with Crippen LogP contribution in [0.25, 0.3) is 0 Å². The quantitative estimate of drug-likeness (QED) is 0.239. The third-order valence-electron chi connectivity index (χ3n) is 3.91. The number of ether oxygens (including phenoxy) is 3. The predicted octanol–water partition coefficient (Wildman–Crippen LogP) is 2.92. The SMILES string of the molecule is CN(CCOCCOCCOC(=O)c1ccc([N+](=O)[O-])cc1)c1ccccc1. The van der Waals surface area contributed by atoms with E-state index >= 15 is 0 Å². The zero-order valence-electron chi connectivity index (χ0n) is 15.8. The average Bonchev–Trinajstić information content (AvgIpc) is 2.72. The molecule has 2 aromatic carbocycles. The molecule has 150 valence electrons. The summed E-state index contributed by atoms with van der Waals surface area (Å²) < 4.78 is 15.9. The highest BCUT2D eigenvalue weighted by molar-refractivity contribution is 5.89. The number of hydrogen-bond donors (Lipinski definition) is 0. The summed E-state index contributed by atoms with van der Waals surface area (Å²) >= 11 is 0. The molecule has 0 saturated carbocycles. The van der Waals surface area contributed by atoms with Gasteiger partial charge in [0.15, 0.2) is 0 Å². The Kier molecular flexibility index (Phi) is 8.90. The first kappa shape index (κ1) is 21.3. The number of nitro benzene ring substituents is 1. The van der Waals surface area contributed by atoms with Crippen LogP contribution < -0.4 is 4.90 Å². The third-order valence-corrected chi connectivity index (χ3v) is 3.91. The average molecular weight is 388 g/mol. The first-order valence-corrected chi connectivity index (χ1v) is 8.91. The van der Waals surface area contributed by atoms with Crippen LogP contribution in [-0.4, -0.2) is 57.5 Å². The second kappa shape index (κ2) is 11.7. The van der Waals surface area contributed by atoms with Gasteiger partial charge >= 0.3 is 5.97 Å². The Morgan fingerprint density at radius 3 is 2.18 bits per heavy atom. The molecule has 0 fully saturated rings. The molecule has 0 aromatic heterocycles. The largest absolute Gasteiger partial charge is 0.460 e. The van der Waals surface area contributed by atoms with E-state index in [1.54, 1.807) is 0 Å². The molecule has 0 radical (unpaired) electrons. The van der Waals surface area contributed by atoms with E-state index in [0.717, 1.165) is 12.2 Å². The number of esters is 1. The molecule has 2 aromatic rings. The Bertz CT molecular complexity index is 736. The van der Waals surface area contributed by atoms with Gasteiger partial charge in [0, 0.05) is 31.4 Å². The first-order valence-electron chi connectivity index (χ1n) is 8.91. The summed E-state index contributed by atoms with van der Waals surface area (Å²) in [6, 6.07) is 15.3. The first-order chi connectivity index (χ1) is 13.6. The Balaban J connectivity index is 1.49. The summed E-state index contributed by atoms with van der Waals surface area (Å²) in [4.78, 5) is 24.0. The summed E-state index contributed by atoms with van der Waals surface area (Å²) in [5, 5.41) is 10.6. The molecule has 8 nitrogen and oxygen atoms in total. The van der Waals surface area contributed by atoms with Gasteiger partial charge in [-0.25, -0.2) is 4.79 Å². The fourth-order valence-electron chi connectivity index (χ4n) is 2.33. The summed E-state index contributed by atoms with van der Waals surface area (Å²) in [7, 11) is 2.01. The third kappa shape index (κ3) is 7.34. The Hall–Kier alpha value is -2.97. The molecule has 2 rings (SSSR count). The highest BCUT2D eigenvalue weighted by atomic mass is 16.6. The number of nitrogens with zero attached hydrogens (tertiary/aromatic N) is 2. The molecule has 0 heterocycles. The van der Waals surface area contributed by atoms with Crippen molar-refractivity contribution in [1.29, 1.82) is 0 Å². The number of likely N-dealkylation sites (N-methyl/N-ethyl adjacent to an activating group) is 1. The van der Waals surface area contributed by atoms with Crippen LogP contribution in [-0.2, 0) is 14.2 Å². The summed E-state index contributed by atoms with van der Waals surface area (Å²) in [5.74, 6) is -0.543. The number of benzene rings is 2. The summed E-state index contributed by atoms with van der Waals surface area (Å²) in [6.45, 7) is 2.59. The highest BCUT2D eigenvalue weighted by Crippen LogP contribution is 2.12. The lowest BCUT2D eigenvalue weighted by Crippen LogP contribution is -2.23. The van der Waals surface area contributed by atoms with Crippen LogP contribution in [0.2, 0.25) is 0 Å². The molecule has 28 heavy (non-hydrogen) atoms. The monoisotopic (exact) mass is 388 g/mol. The standard InChI is InChI=1S/C20H24N2O6/c1-21(18-5-3-2-4-6-18)11-12-26-13-14-27-15-16-28-20(23)17-7-9-19(10-8-17)22(24)25/h2-10H,11-16H2,1H3. The van der Waals surface area contributed by atoms with Gasteiger partial charge in [0.2, 0.25) is 0 Å². The van der Waals surface area contributed by atoms with Gasteiger partial charge in [-0.15, -0.1) is 0 Å². The molecule has 0 bridgehead atoms. The number of anilines is 1. The van der Waals surface area contributed by atoms with Gasteiger partial charge < -0.3 is 19.1 Å². The number of carbonyl (C=O) groups is 1. The molecule has 0 spiro atoms. The van der Waals surface area contributed by atoms with Gasteiger partial charge in [-0.05, 0) is 24.3 Å². The normalized spacial score (nSPS) is 10.5. The fourth-order valence-corrected chi connectivity index (χ4v) is 2.33. The van der Waals surface area contributed by atoms with Crippen LogP contribution in [0.15, 0.2) is 54.6 Å². The van der Waals surface area contributed by atoms with E-state index in [9.17, 15) is 14.9 Å². The lowest BCUT2D eigenvalue weighted by Gasteiger charge is -2.19. The lowest BCUT2D eigenvalue weighted by atomic mass is 10.2. The second-order valence-electron chi connectivity index (χ2n) is 5.92. The van der Waals surface area contributed by atoms with E-state index < -0.39 is 10.9 Å². The van der Waals surface area contributed by atoms with Crippen LogP contribution in [0, 0.1) is 10.1 Å². The van der Waals surface area contributed by atoms with Crippen molar-refractivity contribution < 1.29 is 23.9 Å². The maximum Gasteiger partial charge on any atom is 0.338 e. The molecule has 0 saturated heterocycles. The van der Waals surface area contributed by atoms with E-state index in [1.807, 2.05) is 37.4 Å². The Morgan fingerprint density at radius 1 is 0.929 bits per heavy atom. The predicted molar refractivity (Wildman–Crippen MR) is 105 cm³/mol. The maximum atomic E-state index is 11.8. The van der Waals surface area contributed by atoms with Crippen LogP contribution in [0.1, 0.15) is 10.4 Å². The van der Waals surface area contributed by atoms with Crippen molar-refractivity contribution in [2.45, 2.75) is 0 Å². The lowest BCUT2D eigenvalue weighted by molar-refractivity contribution is -0.384. The summed E-state index contributed by atoms with van der Waals surface area (Å²) in [5.41, 5.74) is 1.32. The van der Waals surface area contributed by atoms with Gasteiger partial charge in [-0.2, -0.15) is 0 Å². The molecule has 0 aliphatic rings. The van der Waals surface area contributed by atoms with Gasteiger partial charge in [0.05, 0.1) is 36.9 Å². The van der Waals surface area contributed by atoms with Crippen LogP contribution in [0.3, 0.4) is 0 Å². The van der Waals surface area contributed by atoms with Crippen LogP contribution in [0.5, 0.6) is 0 Å². The minimum absolute atomic E-state index is 0.0742. The van der Waals surface area contributed by atoms with Gasteiger partial charge in [0.25, 0.3) is 5.69 Å². The highest BCUT2D eigenvalue weighted by Gasteiger charge is 2.10. The number of non-ortho nitro benzene ring substituents is 1. The van der Waals surface area contributed by atoms with Crippen molar-refractivity contribution in [3.8, 4) is 0 Å². The van der Waals surface area contributed by atoms with Crippen molar-refractivity contribution in [1.82, 2.24) is 0 Å². The number of carbonyl (C=O) groups excluding carboxylic acids is 1. The molecular formula is C20H24N2O6. The Labute approximate surface area is 163 Å². The van der Waals surface area contributed by atoms with Gasteiger partial charge in [-0.3, -0.25) is 10.1 Å². The molecule has 0 N–H and O–H groups in total. The van der Waals surface area contributed by atoms with Gasteiger partial charge in [-0.1, -0.05) is 18.2 Å². The van der Waals surface area contributed by atoms with E-state index in [4.69, 9.17) is 14.2 Å². The van der Waals surface area contributed by atoms with Gasteiger partial charge in [0.1, 0.15) is 6.61 Å². The van der Waals surface area contributed by atoms with Crippen molar-refractivity contribution >= 4 is 17.3 Å². The zero-order valence-corrected chi connectivity index (χ0v) is 15.8. The minimum atomic E-state index is -0.543. The number of para-hydroxylation sites is 1. The van der Waals surface area contributed by atoms with Crippen molar-refractivity contribution in [3.05, 3.63) is 70.3 Å². The molecule has 0 amide bonds. The van der Waals surface area contributed by atoms with Crippen LogP contribution in [0.4, 0.5) is 11.4 Å². The smallest absolute Gasteiger partial charge is 0.338 e. The molecule has 0 aliphatic carbocycles. The van der Waals surface area contributed by atoms with Crippen LogP contribution >= 0.6 is 0 Å². The zero-order chi connectivity index (χ0) is 20.2. The van der Waals surface area contributed by atoms with Crippen molar-refractivity contribution in [2.75, 3.05) is 51.5 Å². The molecule has 0 aliphatic heterocycles. The summed E-state index contributed by atoms with van der Waals surface area (Å²) in [6.07, 6.45) is 0. The minimum Gasteiger partial charge on any atom is -0.460 e. The maximum absolute atomic E-state index is 11.8. The molecule has 0 atom stereocenters. The van der Waals surface area contributed by atoms with E-state index in [1.165, 1.54) is 24.3 Å². The fraction of sp³-hybridized carbons (Fsp3) is 0.350. The van der Waals surface area contributed by atoms with Crippen molar-refractivity contribution in [2.24, 2.45) is 0 Å². The topological polar surface area (TPSA) is 91.1 Å². The van der Waals surface area contributed by atoms with Crippen molar-refractivity contribution in [3.63, 3.8) is 0 Å². The number of nitro groups is 1. The number of hydrogen-bond acceptors (Lipinski definition) is 7. The molecule has 8 heteroatoms. The number of rotatable bonds is 12. The van der Waals surface area contributed by atoms with E-state index in [0.29, 0.717) is 19.8 Å². The molecule has 0 unspecified atom stereocenters. The second-order valence-corrected chi connectivity index (χ2v) is 5.92. The van der Waals surface area contributed by atoms with E-state index in [-0.39, 0.29) is 24.5 Å². The Morgan fingerprint density at radius 2 is 1.54 bits per heavy atom. The van der Waals surface area contributed by atoms with E-state index in [2.05, 4.69) is 4.90 Å².